The quantitative estimate of drug-likeness (QED) is 0.173. The van der Waals surface area contributed by atoms with Crippen molar-refractivity contribution >= 4 is 27.5 Å². The summed E-state index contributed by atoms with van der Waals surface area (Å²) >= 11 is 0. The van der Waals surface area contributed by atoms with Crippen molar-refractivity contribution in [1.82, 2.24) is 10.2 Å². The van der Waals surface area contributed by atoms with E-state index in [1.807, 2.05) is 61.5 Å². The van der Waals surface area contributed by atoms with Crippen molar-refractivity contribution in [3.05, 3.63) is 120 Å². The van der Waals surface area contributed by atoms with E-state index in [1.54, 1.807) is 0 Å². The summed E-state index contributed by atoms with van der Waals surface area (Å²) in [5, 5.41) is 3.17. The summed E-state index contributed by atoms with van der Waals surface area (Å²) in [5.74, 6) is -0.954. The number of nitrogens with one attached hydrogen (secondary N) is 1. The number of benzene rings is 4. The molecule has 49 heavy (non-hydrogen) atoms. The zero-order chi connectivity index (χ0) is 35.0. The highest BCUT2D eigenvalue weighted by Gasteiger charge is 2.36. The van der Waals surface area contributed by atoms with Gasteiger partial charge in [-0.05, 0) is 67.3 Å². The van der Waals surface area contributed by atoms with Gasteiger partial charge in [0.05, 0.1) is 24.8 Å². The third-order valence-corrected chi connectivity index (χ3v) is 10.5. The lowest BCUT2D eigenvalue weighted by Crippen LogP contribution is -2.54. The van der Waals surface area contributed by atoms with Crippen molar-refractivity contribution in [2.45, 2.75) is 62.6 Å². The van der Waals surface area contributed by atoms with Crippen LogP contribution in [0.3, 0.4) is 0 Å². The molecule has 1 fully saturated rings. The summed E-state index contributed by atoms with van der Waals surface area (Å²) in [5.41, 5.74) is 2.69. The summed E-state index contributed by atoms with van der Waals surface area (Å²) in [6.45, 7) is 1.34. The number of carbonyl (C=O) groups excluding carboxylic acids is 2. The predicted octanol–water partition coefficient (Wildman–Crippen LogP) is 6.05. The van der Waals surface area contributed by atoms with Gasteiger partial charge in [-0.1, -0.05) is 73.0 Å². The average Bonchev–Trinajstić information content (AvgIpc) is 3.62. The minimum atomic E-state index is -4.43. The van der Waals surface area contributed by atoms with Crippen molar-refractivity contribution in [1.29, 1.82) is 0 Å². The number of ether oxygens (including phenoxy) is 2. The maximum absolute atomic E-state index is 14.7. The molecule has 1 saturated carbocycles. The second kappa shape index (κ2) is 16.0. The summed E-state index contributed by atoms with van der Waals surface area (Å²) in [4.78, 5) is 30.1. The second-order valence-corrected chi connectivity index (χ2v) is 14.1. The number of sulfonamides is 1. The molecule has 5 rings (SSSR count). The molecule has 258 valence electrons. The normalized spacial score (nSPS) is 13.8. The highest BCUT2D eigenvalue weighted by molar-refractivity contribution is 7.92. The van der Waals surface area contributed by atoms with Crippen LogP contribution in [0.5, 0.6) is 11.5 Å². The van der Waals surface area contributed by atoms with Crippen molar-refractivity contribution in [3.8, 4) is 11.5 Å². The van der Waals surface area contributed by atoms with Gasteiger partial charge in [0.2, 0.25) is 11.8 Å². The summed E-state index contributed by atoms with van der Waals surface area (Å²) < 4.78 is 54.4. The van der Waals surface area contributed by atoms with E-state index in [4.69, 9.17) is 9.47 Å². The van der Waals surface area contributed by atoms with Crippen molar-refractivity contribution in [3.63, 3.8) is 0 Å². The zero-order valence-corrected chi connectivity index (χ0v) is 28.8. The molecule has 1 aliphatic rings. The molecule has 4 aromatic rings. The van der Waals surface area contributed by atoms with E-state index in [1.165, 1.54) is 49.5 Å². The number of amides is 2. The van der Waals surface area contributed by atoms with Crippen molar-refractivity contribution in [2.24, 2.45) is 0 Å². The van der Waals surface area contributed by atoms with E-state index in [9.17, 15) is 22.4 Å². The molecule has 4 aromatic carbocycles. The maximum Gasteiger partial charge on any atom is 0.264 e. The largest absolute Gasteiger partial charge is 0.493 e. The van der Waals surface area contributed by atoms with Crippen LogP contribution in [0.2, 0.25) is 0 Å². The molecular weight excluding hydrogens is 645 g/mol. The fraction of sp³-hybridized carbons (Fsp3) is 0.316. The zero-order valence-electron chi connectivity index (χ0n) is 28.0. The molecule has 0 saturated heterocycles. The minimum Gasteiger partial charge on any atom is -0.493 e. The highest BCUT2D eigenvalue weighted by Crippen LogP contribution is 2.32. The van der Waals surface area contributed by atoms with E-state index >= 15 is 0 Å². The molecule has 1 aliphatic carbocycles. The van der Waals surface area contributed by atoms with Crippen molar-refractivity contribution < 1.29 is 31.9 Å². The van der Waals surface area contributed by atoms with Gasteiger partial charge >= 0.3 is 0 Å². The monoisotopic (exact) mass is 687 g/mol. The van der Waals surface area contributed by atoms with Crippen LogP contribution in [0.25, 0.3) is 0 Å². The highest BCUT2D eigenvalue weighted by atomic mass is 32.2. The lowest BCUT2D eigenvalue weighted by molar-refractivity contribution is -0.140. The number of carbonyl (C=O) groups is 2. The second-order valence-electron chi connectivity index (χ2n) is 12.2. The number of nitrogens with zero attached hydrogens (tertiary/aromatic N) is 2. The molecule has 1 N–H and O–H groups in total. The van der Waals surface area contributed by atoms with E-state index in [0.29, 0.717) is 5.75 Å². The van der Waals surface area contributed by atoms with Gasteiger partial charge in [-0.3, -0.25) is 13.9 Å². The Morgan fingerprint density at radius 1 is 0.857 bits per heavy atom. The lowest BCUT2D eigenvalue weighted by Gasteiger charge is -2.34. The SMILES string of the molecule is COc1ccc(S(=O)(=O)N(CC(=O)N(Cc2cccc(C)c2)C(Cc2ccccc2)C(=O)NC2CCCC2)c2ccc(F)cc2)cc1OC. The standard InChI is InChI=1S/C38H42FN3O6S/c1-27-10-9-13-29(22-27)25-41(34(23-28-11-5-4-6-12-28)38(44)40-31-14-7-8-15-31)37(43)26-42(32-18-16-30(39)17-19-32)49(45,46)33-20-21-35(47-2)36(24-33)48-3/h4-6,9-13,16-22,24,31,34H,7-8,14-15,23,25-26H2,1-3H3,(H,40,44). The molecule has 11 heteroatoms. The lowest BCUT2D eigenvalue weighted by atomic mass is 10.0. The number of halogens is 1. The van der Waals surface area contributed by atoms with Crippen LogP contribution in [-0.2, 0) is 32.6 Å². The van der Waals surface area contributed by atoms with Gasteiger partial charge in [0.15, 0.2) is 11.5 Å². The minimum absolute atomic E-state index is 0.00263. The van der Waals surface area contributed by atoms with Crippen LogP contribution in [-0.4, -0.2) is 58.0 Å². The van der Waals surface area contributed by atoms with Gasteiger partial charge in [0, 0.05) is 25.1 Å². The molecule has 0 spiro atoms. The Hall–Kier alpha value is -4.90. The Morgan fingerprint density at radius 2 is 1.53 bits per heavy atom. The molecule has 1 atom stereocenters. The van der Waals surface area contributed by atoms with Gasteiger partial charge in [-0.15, -0.1) is 0 Å². The summed E-state index contributed by atoms with van der Waals surface area (Å²) in [6, 6.07) is 25.1. The Bertz CT molecular complexity index is 1850. The van der Waals surface area contributed by atoms with Gasteiger partial charge in [-0.25, -0.2) is 12.8 Å². The molecule has 0 radical (unpaired) electrons. The Labute approximate surface area is 287 Å². The average molecular weight is 688 g/mol. The number of aryl methyl sites for hydroxylation is 1. The van der Waals surface area contributed by atoms with Gasteiger partial charge in [0.25, 0.3) is 10.0 Å². The molecule has 0 aliphatic heterocycles. The fourth-order valence-electron chi connectivity index (χ4n) is 6.17. The molecular formula is C38H42FN3O6S. The first-order valence-electron chi connectivity index (χ1n) is 16.3. The van der Waals surface area contributed by atoms with Crippen LogP contribution in [0.4, 0.5) is 10.1 Å². The summed E-state index contributed by atoms with van der Waals surface area (Å²) in [6.07, 6.45) is 3.97. The predicted molar refractivity (Wildman–Crippen MR) is 187 cm³/mol. The molecule has 9 nitrogen and oxygen atoms in total. The topological polar surface area (TPSA) is 105 Å². The van der Waals surface area contributed by atoms with E-state index in [2.05, 4.69) is 5.32 Å². The van der Waals surface area contributed by atoms with Crippen LogP contribution in [0.15, 0.2) is 102 Å². The molecule has 0 aromatic heterocycles. The first-order valence-corrected chi connectivity index (χ1v) is 17.7. The Morgan fingerprint density at radius 3 is 2.18 bits per heavy atom. The number of hydrogen-bond donors (Lipinski definition) is 1. The molecule has 2 amide bonds. The molecule has 0 bridgehead atoms. The summed E-state index contributed by atoms with van der Waals surface area (Å²) in [7, 11) is -1.60. The van der Waals surface area contributed by atoms with Crippen LogP contribution in [0, 0.1) is 12.7 Å². The fourth-order valence-corrected chi connectivity index (χ4v) is 7.60. The van der Waals surface area contributed by atoms with Gasteiger partial charge in [-0.2, -0.15) is 0 Å². The smallest absolute Gasteiger partial charge is 0.264 e. The van der Waals surface area contributed by atoms with E-state index in [-0.39, 0.29) is 41.2 Å². The van der Waals surface area contributed by atoms with Gasteiger partial charge < -0.3 is 19.7 Å². The Kier molecular flexibility index (Phi) is 11.6. The third-order valence-electron chi connectivity index (χ3n) is 8.74. The van der Waals surface area contributed by atoms with E-state index < -0.39 is 34.3 Å². The molecule has 1 unspecified atom stereocenters. The number of rotatable bonds is 14. The Balaban J connectivity index is 1.58. The maximum atomic E-state index is 14.7. The first-order chi connectivity index (χ1) is 23.6. The van der Waals surface area contributed by atoms with Crippen LogP contribution >= 0.6 is 0 Å². The number of methoxy groups -OCH3 is 2. The number of hydrogen-bond acceptors (Lipinski definition) is 6. The first kappa shape index (κ1) is 35.4. The number of anilines is 1. The van der Waals surface area contributed by atoms with E-state index in [0.717, 1.165) is 58.8 Å². The third kappa shape index (κ3) is 8.77. The van der Waals surface area contributed by atoms with Crippen molar-refractivity contribution in [2.75, 3.05) is 25.1 Å². The molecule has 0 heterocycles. The van der Waals surface area contributed by atoms with Gasteiger partial charge in [0.1, 0.15) is 18.4 Å². The van der Waals surface area contributed by atoms with Crippen LogP contribution in [0.1, 0.15) is 42.4 Å². The van der Waals surface area contributed by atoms with Crippen LogP contribution < -0.4 is 19.1 Å².